The molecule has 0 N–H and O–H groups in total. The van der Waals surface area contributed by atoms with Crippen molar-refractivity contribution in [3.63, 3.8) is 0 Å². The van der Waals surface area contributed by atoms with Gasteiger partial charge in [-0.2, -0.15) is 0 Å². The quantitative estimate of drug-likeness (QED) is 0.181. The molecule has 6 aliphatic rings. The Morgan fingerprint density at radius 1 is 0.644 bits per heavy atom. The van der Waals surface area contributed by atoms with E-state index in [1.54, 1.807) is 0 Å². The molecule has 0 aliphatic heterocycles. The van der Waals surface area contributed by atoms with Crippen molar-refractivity contribution in [1.29, 1.82) is 0 Å². The van der Waals surface area contributed by atoms with E-state index in [9.17, 15) is 13.2 Å². The summed E-state index contributed by atoms with van der Waals surface area (Å²) in [5, 5.41) is 5.19. The molecule has 4 aromatic rings. The van der Waals surface area contributed by atoms with Crippen LogP contribution in [0, 0.1) is 36.5 Å². The van der Waals surface area contributed by atoms with Gasteiger partial charge in [-0.25, -0.2) is 0 Å². The van der Waals surface area contributed by atoms with E-state index in [1.807, 2.05) is 6.55 Å². The van der Waals surface area contributed by atoms with Crippen molar-refractivity contribution >= 4 is 29.7 Å². The van der Waals surface area contributed by atoms with Gasteiger partial charge in [0.15, 0.2) is 0 Å². The van der Waals surface area contributed by atoms with Gasteiger partial charge >= 0.3 is 67.1 Å². The minimum Gasteiger partial charge on any atom is -1.00 e. The standard InChI is InChI=1S/2C24H23.C4H7F3Si.2ClH.Zr/c2*1-17-5-7-20(8-6-17)22-4-2-3-21-13-19(14-23(21)22)16-24-11-9-18(15-24)10-12-24;1-8-3-2-4(5,6)7;;;/h2*2-8,14,16,18H,9-12,15H2,1H3;2-3H2,1H3;2*1H;/q2*-1;;;;+2/p-2. The van der Waals surface area contributed by atoms with Gasteiger partial charge in [0.25, 0.3) is 0 Å². The molecule has 306 valence electrons. The molecule has 0 saturated heterocycles. The zero-order valence-electron chi connectivity index (χ0n) is 34.4. The van der Waals surface area contributed by atoms with Crippen LogP contribution < -0.4 is 45.7 Å². The Kier molecular flexibility index (Phi) is 14.9. The van der Waals surface area contributed by atoms with E-state index in [4.69, 9.17) is 0 Å². The van der Waals surface area contributed by atoms with Gasteiger partial charge in [0.2, 0.25) is 0 Å². The maximum absolute atomic E-state index is 11.4. The Hall–Kier alpha value is -2.69. The van der Waals surface area contributed by atoms with Gasteiger partial charge in [0, 0.05) is 0 Å². The predicted molar refractivity (Wildman–Crippen MR) is 229 cm³/mol. The molecule has 0 unspecified atom stereocenters. The van der Waals surface area contributed by atoms with Crippen molar-refractivity contribution in [2.45, 2.75) is 103 Å². The normalized spacial score (nSPS) is 25.2. The molecule has 4 bridgehead atoms. The average molecular weight is 925 g/mol. The molecule has 0 amide bonds. The molecule has 0 aromatic heterocycles. The summed E-state index contributed by atoms with van der Waals surface area (Å²) in [5.74, 6) is 1.99. The van der Waals surface area contributed by atoms with Gasteiger partial charge in [0.05, 0.1) is 0 Å². The van der Waals surface area contributed by atoms with Gasteiger partial charge < -0.3 is 24.8 Å². The Morgan fingerprint density at radius 3 is 1.34 bits per heavy atom. The van der Waals surface area contributed by atoms with Crippen LogP contribution in [0.1, 0.15) is 81.8 Å². The number of aryl methyl sites for hydroxylation is 2. The monoisotopic (exact) mass is 922 g/mol. The fourth-order valence-corrected chi connectivity index (χ4v) is 11.9. The number of hydrogen-bond acceptors (Lipinski definition) is 0. The second kappa shape index (κ2) is 19.1. The maximum atomic E-state index is 11.4. The fraction of sp³-hybridized carbons (Fsp3) is 0.385. The molecule has 0 nitrogen and oxygen atoms in total. The summed E-state index contributed by atoms with van der Waals surface area (Å²) >= 11 is 1.29. The minimum atomic E-state index is -3.93. The molecule has 10 rings (SSSR count). The largest absolute Gasteiger partial charge is 1.00 e. The first-order valence-electron chi connectivity index (χ1n) is 21.0. The first kappa shape index (κ1) is 45.8. The number of fused-ring (bicyclic) bond motifs is 6. The summed E-state index contributed by atoms with van der Waals surface area (Å²) < 4.78 is 34.3. The molecule has 4 fully saturated rings. The molecule has 0 spiro atoms. The number of hydrogen-bond donors (Lipinski definition) is 0. The van der Waals surface area contributed by atoms with Crippen molar-refractivity contribution in [1.82, 2.24) is 0 Å². The fourth-order valence-electron chi connectivity index (χ4n) is 10.3. The molecule has 4 aromatic carbocycles. The van der Waals surface area contributed by atoms with E-state index in [0.29, 0.717) is 16.9 Å². The first-order valence-corrected chi connectivity index (χ1v) is 26.9. The van der Waals surface area contributed by atoms with Crippen molar-refractivity contribution in [3.8, 4) is 22.3 Å². The molecule has 59 heavy (non-hydrogen) atoms. The van der Waals surface area contributed by atoms with E-state index in [1.165, 1.54) is 153 Å². The third-order valence-corrected chi connectivity index (χ3v) is 16.2. The predicted octanol–water partition coefficient (Wildman–Crippen LogP) is 5.36. The zero-order valence-corrected chi connectivity index (χ0v) is 39.4. The maximum Gasteiger partial charge on any atom is -0.0259 e. The third kappa shape index (κ3) is 11.0. The van der Waals surface area contributed by atoms with Crippen LogP contribution in [0.25, 0.3) is 46.6 Å². The SMILES string of the molecule is C[Si](=[Zr+2])CCC(F)(F)F.Cc1ccc(-c2cccc3c2=CC(=CC24CCC(CC2)C4)[C-]=3)cc1.Cc1ccc(-c2cccc3c2=CC(=CC24CCC(CC2)C4)[C-]=3)cc1.[Cl-].[Cl-]. The number of alkyl halides is 3. The Balaban J connectivity index is 0.000000161. The van der Waals surface area contributed by atoms with Gasteiger partial charge in [-0.15, -0.1) is 80.6 Å². The molecule has 4 saturated carbocycles. The van der Waals surface area contributed by atoms with Crippen LogP contribution in [-0.4, -0.2) is 11.6 Å². The van der Waals surface area contributed by atoms with Gasteiger partial charge in [-0.05, 0) is 60.5 Å². The van der Waals surface area contributed by atoms with Crippen LogP contribution in [0.4, 0.5) is 13.2 Å². The minimum absolute atomic E-state index is 0. The van der Waals surface area contributed by atoms with Crippen LogP contribution in [-0.2, 0) is 23.3 Å². The van der Waals surface area contributed by atoms with Gasteiger partial charge in [0.1, 0.15) is 0 Å². The number of allylic oxidation sites excluding steroid dienone is 4. The Bertz CT molecular complexity index is 2300. The van der Waals surface area contributed by atoms with Crippen molar-refractivity contribution in [3.05, 3.63) is 140 Å². The van der Waals surface area contributed by atoms with E-state index in [2.05, 4.69) is 135 Å². The van der Waals surface area contributed by atoms with Gasteiger partial charge in [-0.1, -0.05) is 146 Å². The summed E-state index contributed by atoms with van der Waals surface area (Å²) in [4.78, 5) is 0. The van der Waals surface area contributed by atoms with E-state index in [0.717, 1.165) is 11.8 Å². The second-order valence-corrected chi connectivity index (χ2v) is 26.3. The summed E-state index contributed by atoms with van der Waals surface area (Å²) in [6.07, 6.45) is 26.8. The van der Waals surface area contributed by atoms with Crippen LogP contribution in [0.2, 0.25) is 12.6 Å². The summed E-state index contributed by atoms with van der Waals surface area (Å²) in [6, 6.07) is 31.3. The molecule has 0 heterocycles. The molecule has 7 heteroatoms. The van der Waals surface area contributed by atoms with Crippen molar-refractivity contribution in [2.75, 3.05) is 0 Å². The molecule has 0 radical (unpaired) electrons. The number of benzene rings is 4. The van der Waals surface area contributed by atoms with Crippen LogP contribution in [0.3, 0.4) is 0 Å². The van der Waals surface area contributed by atoms with Gasteiger partial charge in [-0.3, -0.25) is 0 Å². The zero-order chi connectivity index (χ0) is 39.8. The van der Waals surface area contributed by atoms with Crippen LogP contribution in [0.15, 0.2) is 108 Å². The van der Waals surface area contributed by atoms with Crippen LogP contribution >= 0.6 is 0 Å². The molecule has 0 atom stereocenters. The summed E-state index contributed by atoms with van der Waals surface area (Å²) in [6.45, 7) is 6.21. The summed E-state index contributed by atoms with van der Waals surface area (Å²) in [7, 11) is 0. The number of halogens is 5. The third-order valence-electron chi connectivity index (χ3n) is 13.4. The molecular weight excluding hydrogens is 872 g/mol. The second-order valence-electron chi connectivity index (χ2n) is 17.9. The van der Waals surface area contributed by atoms with Crippen LogP contribution in [0.5, 0.6) is 0 Å². The van der Waals surface area contributed by atoms with E-state index in [-0.39, 0.29) is 24.8 Å². The average Bonchev–Trinajstić information content (AvgIpc) is 4.06. The van der Waals surface area contributed by atoms with E-state index < -0.39 is 18.0 Å². The van der Waals surface area contributed by atoms with Crippen molar-refractivity contribution in [2.24, 2.45) is 22.7 Å². The van der Waals surface area contributed by atoms with Crippen molar-refractivity contribution < 1.29 is 61.3 Å². The Morgan fingerprint density at radius 2 is 1.03 bits per heavy atom. The Labute approximate surface area is 376 Å². The molecular formula is C52H53Cl2F3SiZr-2. The first-order chi connectivity index (χ1) is 27.3. The molecule has 6 aliphatic carbocycles. The smallest absolute Gasteiger partial charge is 0.0259 e. The van der Waals surface area contributed by atoms with E-state index >= 15 is 0 Å². The summed E-state index contributed by atoms with van der Waals surface area (Å²) in [5.41, 5.74) is 10.9. The topological polar surface area (TPSA) is 0 Å². The number of rotatable bonds is 6.